The van der Waals surface area contributed by atoms with E-state index in [0.717, 1.165) is 0 Å². The standard InChI is InChI=1S/C20H20N4O3S.ClH/c1-12(25)21-10-15-6-7-18(27-15)17-11-28-20(23-17)24-19(26)16-8-13-4-2-3-5-14(13)9-22-16;/h2-7,11,16,22H,8-10H2,1H3,(H,21,25)(H,23,24,26);1H. The number of thiazole rings is 1. The van der Waals surface area contributed by atoms with Crippen molar-refractivity contribution in [2.75, 3.05) is 5.32 Å². The van der Waals surface area contributed by atoms with Gasteiger partial charge in [-0.25, -0.2) is 4.98 Å². The van der Waals surface area contributed by atoms with Crippen molar-refractivity contribution >= 4 is 40.7 Å². The van der Waals surface area contributed by atoms with Gasteiger partial charge in [-0.05, 0) is 29.7 Å². The summed E-state index contributed by atoms with van der Waals surface area (Å²) < 4.78 is 5.70. The van der Waals surface area contributed by atoms with Crippen molar-refractivity contribution in [2.45, 2.75) is 32.5 Å². The van der Waals surface area contributed by atoms with Crippen LogP contribution in [0.3, 0.4) is 0 Å². The number of carbonyl (C=O) groups is 2. The monoisotopic (exact) mass is 432 g/mol. The van der Waals surface area contributed by atoms with Crippen LogP contribution in [0.25, 0.3) is 11.5 Å². The van der Waals surface area contributed by atoms with Crippen molar-refractivity contribution in [3.05, 3.63) is 58.7 Å². The van der Waals surface area contributed by atoms with E-state index in [4.69, 9.17) is 4.42 Å². The molecule has 0 saturated heterocycles. The lowest BCUT2D eigenvalue weighted by Gasteiger charge is -2.24. The molecular weight excluding hydrogens is 412 g/mol. The Balaban J connectivity index is 0.00000240. The molecule has 4 rings (SSSR count). The fourth-order valence-electron chi connectivity index (χ4n) is 3.10. The van der Waals surface area contributed by atoms with Crippen molar-refractivity contribution < 1.29 is 14.0 Å². The van der Waals surface area contributed by atoms with Crippen molar-refractivity contribution in [1.82, 2.24) is 15.6 Å². The molecule has 0 bridgehead atoms. The van der Waals surface area contributed by atoms with Crippen LogP contribution in [0.1, 0.15) is 23.8 Å². The molecule has 0 saturated carbocycles. The summed E-state index contributed by atoms with van der Waals surface area (Å²) in [5.74, 6) is 1.03. The second-order valence-corrected chi connectivity index (χ2v) is 7.47. The lowest BCUT2D eigenvalue weighted by molar-refractivity contribution is -0.119. The zero-order valence-corrected chi connectivity index (χ0v) is 17.4. The summed E-state index contributed by atoms with van der Waals surface area (Å²) in [5, 5.41) is 11.2. The minimum atomic E-state index is -0.282. The highest BCUT2D eigenvalue weighted by molar-refractivity contribution is 7.14. The highest BCUT2D eigenvalue weighted by Gasteiger charge is 2.24. The number of nitrogens with zero attached hydrogens (tertiary/aromatic N) is 1. The van der Waals surface area contributed by atoms with Gasteiger partial charge in [-0.15, -0.1) is 23.7 Å². The molecule has 3 aromatic rings. The molecule has 0 aliphatic carbocycles. The first kappa shape index (κ1) is 21.0. The topological polar surface area (TPSA) is 96.3 Å². The number of benzene rings is 1. The summed E-state index contributed by atoms with van der Waals surface area (Å²) in [6.07, 6.45) is 0.658. The van der Waals surface area contributed by atoms with Gasteiger partial charge in [-0.1, -0.05) is 24.3 Å². The van der Waals surface area contributed by atoms with Crippen molar-refractivity contribution in [1.29, 1.82) is 0 Å². The minimum absolute atomic E-state index is 0. The molecule has 7 nitrogen and oxygen atoms in total. The van der Waals surface area contributed by atoms with Crippen molar-refractivity contribution in [3.63, 3.8) is 0 Å². The van der Waals surface area contributed by atoms with Crippen LogP contribution in [0.5, 0.6) is 0 Å². The molecule has 0 spiro atoms. The van der Waals surface area contributed by atoms with Crippen LogP contribution in [0, 0.1) is 0 Å². The largest absolute Gasteiger partial charge is 0.458 e. The summed E-state index contributed by atoms with van der Waals surface area (Å²) in [5.41, 5.74) is 3.08. The Bertz CT molecular complexity index is 1020. The number of aromatic nitrogens is 1. The number of halogens is 1. The number of nitrogens with one attached hydrogen (secondary N) is 3. The molecule has 2 amide bonds. The predicted octanol–water partition coefficient (Wildman–Crippen LogP) is 3.11. The van der Waals surface area contributed by atoms with E-state index in [9.17, 15) is 9.59 Å². The van der Waals surface area contributed by atoms with E-state index in [2.05, 4.69) is 33.1 Å². The van der Waals surface area contributed by atoms with Gasteiger partial charge in [0.2, 0.25) is 11.8 Å². The van der Waals surface area contributed by atoms with Crippen LogP contribution in [0.15, 0.2) is 46.2 Å². The number of hydrogen-bond donors (Lipinski definition) is 3. The van der Waals surface area contributed by atoms with E-state index < -0.39 is 0 Å². The Morgan fingerprint density at radius 2 is 2.03 bits per heavy atom. The van der Waals surface area contributed by atoms with Gasteiger partial charge in [-0.3, -0.25) is 9.59 Å². The van der Waals surface area contributed by atoms with E-state index in [1.54, 1.807) is 12.1 Å². The molecule has 1 atom stereocenters. The summed E-state index contributed by atoms with van der Waals surface area (Å²) in [6.45, 7) is 2.47. The second-order valence-electron chi connectivity index (χ2n) is 6.61. The van der Waals surface area contributed by atoms with Gasteiger partial charge in [0.05, 0.1) is 12.6 Å². The Morgan fingerprint density at radius 3 is 2.83 bits per heavy atom. The fraction of sp³-hybridized carbons (Fsp3) is 0.250. The lowest BCUT2D eigenvalue weighted by Crippen LogP contribution is -2.44. The van der Waals surface area contributed by atoms with E-state index in [1.165, 1.54) is 29.4 Å². The highest BCUT2D eigenvalue weighted by Crippen LogP contribution is 2.27. The van der Waals surface area contributed by atoms with E-state index >= 15 is 0 Å². The minimum Gasteiger partial charge on any atom is -0.458 e. The van der Waals surface area contributed by atoms with Crippen LogP contribution < -0.4 is 16.0 Å². The molecule has 3 heterocycles. The molecule has 1 aliphatic rings. The Labute approximate surface area is 178 Å². The first-order chi connectivity index (χ1) is 13.6. The van der Waals surface area contributed by atoms with Gasteiger partial charge >= 0.3 is 0 Å². The van der Waals surface area contributed by atoms with Crippen LogP contribution in [0.2, 0.25) is 0 Å². The fourth-order valence-corrected chi connectivity index (χ4v) is 3.80. The van der Waals surface area contributed by atoms with Crippen LogP contribution in [-0.4, -0.2) is 22.8 Å². The van der Waals surface area contributed by atoms with Crippen LogP contribution in [-0.2, 0) is 29.1 Å². The van der Waals surface area contributed by atoms with Crippen LogP contribution >= 0.6 is 23.7 Å². The Kier molecular flexibility index (Phi) is 6.68. The number of hydrogen-bond acceptors (Lipinski definition) is 6. The number of furan rings is 1. The summed E-state index contributed by atoms with van der Waals surface area (Å²) in [4.78, 5) is 28.0. The smallest absolute Gasteiger partial charge is 0.243 e. The Hall–Kier alpha value is -2.68. The normalized spacial score (nSPS) is 15.1. The lowest BCUT2D eigenvalue weighted by atomic mass is 9.95. The summed E-state index contributed by atoms with van der Waals surface area (Å²) >= 11 is 1.35. The third kappa shape index (κ3) is 5.03. The first-order valence-electron chi connectivity index (χ1n) is 8.98. The van der Waals surface area contributed by atoms with Gasteiger partial charge in [0, 0.05) is 18.8 Å². The van der Waals surface area contributed by atoms with E-state index in [-0.39, 0.29) is 30.3 Å². The highest BCUT2D eigenvalue weighted by atomic mass is 35.5. The number of amides is 2. The van der Waals surface area contributed by atoms with Crippen molar-refractivity contribution in [2.24, 2.45) is 0 Å². The average molecular weight is 433 g/mol. The van der Waals surface area contributed by atoms with Gasteiger partial charge < -0.3 is 20.4 Å². The number of fused-ring (bicyclic) bond motifs is 1. The molecule has 3 N–H and O–H groups in total. The maximum atomic E-state index is 12.6. The molecule has 1 unspecified atom stereocenters. The predicted molar refractivity (Wildman–Crippen MR) is 114 cm³/mol. The first-order valence-corrected chi connectivity index (χ1v) is 9.86. The SMILES string of the molecule is CC(=O)NCc1ccc(-c2csc(NC(=O)C3Cc4ccccc4CN3)n2)o1.Cl. The molecule has 1 aromatic carbocycles. The average Bonchev–Trinajstić information content (AvgIpc) is 3.35. The summed E-state index contributed by atoms with van der Waals surface area (Å²) in [6, 6.07) is 11.5. The Morgan fingerprint density at radius 1 is 1.24 bits per heavy atom. The van der Waals surface area contributed by atoms with Crippen LogP contribution in [0.4, 0.5) is 5.13 Å². The zero-order valence-electron chi connectivity index (χ0n) is 15.7. The molecule has 0 fully saturated rings. The van der Waals surface area contributed by atoms with Gasteiger partial charge in [0.1, 0.15) is 11.5 Å². The third-order valence-electron chi connectivity index (χ3n) is 4.56. The molecular formula is C20H21ClN4O3S. The molecule has 0 radical (unpaired) electrons. The number of anilines is 1. The maximum absolute atomic E-state index is 12.6. The van der Waals surface area contributed by atoms with Gasteiger partial charge in [-0.2, -0.15) is 0 Å². The van der Waals surface area contributed by atoms with E-state index in [0.29, 0.717) is 41.9 Å². The van der Waals surface area contributed by atoms with Gasteiger partial charge in [0.25, 0.3) is 0 Å². The van der Waals surface area contributed by atoms with Crippen molar-refractivity contribution in [3.8, 4) is 11.5 Å². The molecule has 152 valence electrons. The third-order valence-corrected chi connectivity index (χ3v) is 5.32. The quantitative estimate of drug-likeness (QED) is 0.575. The molecule has 29 heavy (non-hydrogen) atoms. The zero-order chi connectivity index (χ0) is 19.5. The maximum Gasteiger partial charge on any atom is 0.243 e. The number of rotatable bonds is 5. The van der Waals surface area contributed by atoms with E-state index in [1.807, 2.05) is 17.5 Å². The summed E-state index contributed by atoms with van der Waals surface area (Å²) in [7, 11) is 0. The molecule has 2 aromatic heterocycles. The molecule has 1 aliphatic heterocycles. The molecule has 9 heteroatoms. The second kappa shape index (κ2) is 9.21. The van der Waals surface area contributed by atoms with Gasteiger partial charge in [0.15, 0.2) is 10.9 Å². The number of carbonyl (C=O) groups excluding carboxylic acids is 2.